The molecule has 0 N–H and O–H groups in total. The van der Waals surface area contributed by atoms with E-state index in [-0.39, 0.29) is 17.8 Å². The van der Waals surface area contributed by atoms with Crippen LogP contribution in [0.3, 0.4) is 0 Å². The van der Waals surface area contributed by atoms with Gasteiger partial charge in [-0.05, 0) is 43.0 Å². The molecule has 2 aliphatic heterocycles. The molecule has 2 fully saturated rings. The van der Waals surface area contributed by atoms with Crippen LogP contribution in [0.25, 0.3) is 12.2 Å². The second kappa shape index (κ2) is 7.69. The molecule has 2 aromatic rings. The topological polar surface area (TPSA) is 29.5 Å². The second-order valence-electron chi connectivity index (χ2n) is 7.77. The Bertz CT molecular complexity index is 812. The zero-order valence-electron chi connectivity index (χ0n) is 16.0. The van der Waals surface area contributed by atoms with Crippen molar-refractivity contribution in [1.82, 2.24) is 4.90 Å². The van der Waals surface area contributed by atoms with Crippen LogP contribution < -0.4 is 0 Å². The summed E-state index contributed by atoms with van der Waals surface area (Å²) in [5, 5.41) is 0. The number of carbonyl (C=O) groups is 1. The van der Waals surface area contributed by atoms with Gasteiger partial charge in [-0.2, -0.15) is 0 Å². The maximum atomic E-state index is 12.6. The zero-order valence-corrected chi connectivity index (χ0v) is 16.0. The fourth-order valence-corrected chi connectivity index (χ4v) is 4.88. The van der Waals surface area contributed by atoms with Gasteiger partial charge in [0.1, 0.15) is 0 Å². The number of piperidine rings is 1. The molecular weight excluding hydrogens is 334 g/mol. The Morgan fingerprint density at radius 1 is 1.00 bits per heavy atom. The van der Waals surface area contributed by atoms with Crippen LogP contribution in [0, 0.1) is 5.92 Å². The van der Waals surface area contributed by atoms with Crippen molar-refractivity contribution in [1.29, 1.82) is 0 Å². The number of nitrogens with zero attached hydrogens (tertiary/aromatic N) is 1. The van der Waals surface area contributed by atoms with Crippen LogP contribution in [0.1, 0.15) is 41.9 Å². The number of methoxy groups -OCH3 is 1. The number of ether oxygens (including phenoxy) is 1. The van der Waals surface area contributed by atoms with Crippen LogP contribution in [0.15, 0.2) is 54.6 Å². The predicted molar refractivity (Wildman–Crippen MR) is 109 cm³/mol. The third-order valence-electron chi connectivity index (χ3n) is 6.37. The van der Waals surface area contributed by atoms with Crippen LogP contribution in [0.5, 0.6) is 0 Å². The van der Waals surface area contributed by atoms with E-state index < -0.39 is 0 Å². The van der Waals surface area contributed by atoms with Gasteiger partial charge in [-0.1, -0.05) is 66.7 Å². The van der Waals surface area contributed by atoms with E-state index in [0.29, 0.717) is 12.1 Å². The summed E-state index contributed by atoms with van der Waals surface area (Å²) in [7, 11) is 3.67. The summed E-state index contributed by atoms with van der Waals surface area (Å²) in [6.45, 7) is 0. The maximum Gasteiger partial charge on any atom is 0.310 e. The summed E-state index contributed by atoms with van der Waals surface area (Å²) in [6.07, 6.45) is 7.57. The average Bonchev–Trinajstić information content (AvgIpc) is 2.95. The molecule has 0 radical (unpaired) electrons. The number of hydrogen-bond donors (Lipinski definition) is 0. The van der Waals surface area contributed by atoms with E-state index >= 15 is 0 Å². The van der Waals surface area contributed by atoms with Crippen molar-refractivity contribution in [3.63, 3.8) is 0 Å². The first-order valence-corrected chi connectivity index (χ1v) is 9.80. The van der Waals surface area contributed by atoms with Gasteiger partial charge in [-0.25, -0.2) is 0 Å². The zero-order chi connectivity index (χ0) is 18.8. The van der Waals surface area contributed by atoms with Gasteiger partial charge in [0.05, 0.1) is 13.0 Å². The molecule has 2 bridgehead atoms. The molecule has 0 aromatic heterocycles. The van der Waals surface area contributed by atoms with E-state index in [9.17, 15) is 4.79 Å². The summed E-state index contributed by atoms with van der Waals surface area (Å²) >= 11 is 0. The van der Waals surface area contributed by atoms with Crippen molar-refractivity contribution in [2.45, 2.75) is 37.3 Å². The fraction of sp³-hybridized carbons (Fsp3) is 0.375. The molecular formula is C24H27NO2. The predicted octanol–water partition coefficient (Wildman–Crippen LogP) is 4.60. The van der Waals surface area contributed by atoms with Crippen molar-refractivity contribution in [2.24, 2.45) is 5.92 Å². The molecule has 4 atom stereocenters. The Morgan fingerprint density at radius 2 is 1.67 bits per heavy atom. The van der Waals surface area contributed by atoms with Gasteiger partial charge < -0.3 is 4.74 Å². The molecule has 4 unspecified atom stereocenters. The van der Waals surface area contributed by atoms with Gasteiger partial charge in [0.25, 0.3) is 0 Å². The van der Waals surface area contributed by atoms with Crippen LogP contribution in [0.2, 0.25) is 0 Å². The Hall–Kier alpha value is -2.39. The van der Waals surface area contributed by atoms with Crippen molar-refractivity contribution in [3.8, 4) is 0 Å². The molecule has 2 aliphatic rings. The minimum atomic E-state index is -0.0653. The third kappa shape index (κ3) is 3.57. The molecule has 140 valence electrons. The molecule has 27 heavy (non-hydrogen) atoms. The highest BCUT2D eigenvalue weighted by Crippen LogP contribution is 2.46. The standard InChI is InChI=1S/C24H27NO2/c1-25-20-14-15-22(25)23(24(26)27-2)21(16-20)19-12-10-18(11-13-19)9-8-17-6-4-3-5-7-17/h3-13,20-23H,14-16H2,1-2H3/b9-8+. The van der Waals surface area contributed by atoms with Crippen molar-refractivity contribution >= 4 is 18.1 Å². The monoisotopic (exact) mass is 361 g/mol. The first-order valence-electron chi connectivity index (χ1n) is 9.80. The Balaban J connectivity index is 1.55. The van der Waals surface area contributed by atoms with Gasteiger partial charge in [0.2, 0.25) is 0 Å². The van der Waals surface area contributed by atoms with Crippen molar-refractivity contribution in [3.05, 3.63) is 71.3 Å². The minimum absolute atomic E-state index is 0.0646. The van der Waals surface area contributed by atoms with E-state index in [4.69, 9.17) is 4.74 Å². The highest BCUT2D eigenvalue weighted by atomic mass is 16.5. The van der Waals surface area contributed by atoms with E-state index in [1.54, 1.807) is 0 Å². The number of esters is 1. The lowest BCUT2D eigenvalue weighted by atomic mass is 9.76. The van der Waals surface area contributed by atoms with Crippen LogP contribution >= 0.6 is 0 Å². The number of fused-ring (bicyclic) bond motifs is 2. The molecule has 2 heterocycles. The number of benzene rings is 2. The first-order chi connectivity index (χ1) is 13.2. The van der Waals surface area contributed by atoms with E-state index in [0.717, 1.165) is 12.8 Å². The minimum Gasteiger partial charge on any atom is -0.469 e. The van der Waals surface area contributed by atoms with Gasteiger partial charge in [0.15, 0.2) is 0 Å². The number of carbonyl (C=O) groups excluding carboxylic acids is 1. The maximum absolute atomic E-state index is 12.6. The normalized spacial score (nSPS) is 27.8. The van der Waals surface area contributed by atoms with Crippen LogP contribution in [-0.4, -0.2) is 37.1 Å². The summed E-state index contributed by atoms with van der Waals surface area (Å²) in [5.41, 5.74) is 3.62. The van der Waals surface area contributed by atoms with Crippen molar-refractivity contribution < 1.29 is 9.53 Å². The molecule has 0 spiro atoms. The lowest BCUT2D eigenvalue weighted by molar-refractivity contribution is -0.150. The summed E-state index contributed by atoms with van der Waals surface area (Å²) in [6, 6.07) is 19.9. The largest absolute Gasteiger partial charge is 0.469 e. The smallest absolute Gasteiger partial charge is 0.310 e. The van der Waals surface area contributed by atoms with Crippen LogP contribution in [-0.2, 0) is 9.53 Å². The lowest BCUT2D eigenvalue weighted by Crippen LogP contribution is -2.49. The molecule has 0 saturated carbocycles. The SMILES string of the molecule is COC(=O)C1C(c2ccc(/C=C/c3ccccc3)cc2)CC2CCC1N2C. The molecule has 0 amide bonds. The third-order valence-corrected chi connectivity index (χ3v) is 6.37. The summed E-state index contributed by atoms with van der Waals surface area (Å²) < 4.78 is 5.17. The molecule has 2 aromatic carbocycles. The molecule has 4 rings (SSSR count). The Kier molecular flexibility index (Phi) is 5.13. The Morgan fingerprint density at radius 3 is 2.33 bits per heavy atom. The van der Waals surface area contributed by atoms with E-state index in [1.807, 2.05) is 18.2 Å². The lowest BCUT2D eigenvalue weighted by Gasteiger charge is -2.41. The molecule has 3 heteroatoms. The number of hydrogen-bond acceptors (Lipinski definition) is 3. The highest BCUT2D eigenvalue weighted by Gasteiger charge is 2.49. The second-order valence-corrected chi connectivity index (χ2v) is 7.77. The van der Waals surface area contributed by atoms with Crippen molar-refractivity contribution in [2.75, 3.05) is 14.2 Å². The quantitative estimate of drug-likeness (QED) is 0.589. The first kappa shape index (κ1) is 18.0. The average molecular weight is 361 g/mol. The molecule has 0 aliphatic carbocycles. The molecule has 3 nitrogen and oxygen atoms in total. The van der Waals surface area contributed by atoms with Gasteiger partial charge in [0, 0.05) is 18.0 Å². The molecule has 2 saturated heterocycles. The number of rotatable bonds is 4. The van der Waals surface area contributed by atoms with Gasteiger partial charge in [-0.15, -0.1) is 0 Å². The summed E-state index contributed by atoms with van der Waals surface area (Å²) in [5.74, 6) is 0.119. The fourth-order valence-electron chi connectivity index (χ4n) is 4.88. The Labute approximate surface area is 161 Å². The van der Waals surface area contributed by atoms with Gasteiger partial charge in [-0.3, -0.25) is 9.69 Å². The van der Waals surface area contributed by atoms with Gasteiger partial charge >= 0.3 is 5.97 Å². The summed E-state index contributed by atoms with van der Waals surface area (Å²) in [4.78, 5) is 14.9. The van der Waals surface area contributed by atoms with Crippen LogP contribution in [0.4, 0.5) is 0 Å². The van der Waals surface area contributed by atoms with E-state index in [1.165, 1.54) is 30.2 Å². The van der Waals surface area contributed by atoms with E-state index in [2.05, 4.69) is 60.5 Å². The highest BCUT2D eigenvalue weighted by molar-refractivity contribution is 5.75.